The second kappa shape index (κ2) is 8.07. The molecule has 6 nitrogen and oxygen atoms in total. The van der Waals surface area contributed by atoms with E-state index < -0.39 is 0 Å². The molecule has 1 aromatic heterocycles. The first-order valence-electron chi connectivity index (χ1n) is 10.5. The Labute approximate surface area is 171 Å². The zero-order valence-electron chi connectivity index (χ0n) is 16.6. The molecule has 29 heavy (non-hydrogen) atoms. The Hall–Kier alpha value is -3.15. The first-order valence-corrected chi connectivity index (χ1v) is 10.5. The van der Waals surface area contributed by atoms with E-state index in [2.05, 4.69) is 73.8 Å². The minimum absolute atomic E-state index is 0.534. The topological polar surface area (TPSA) is 57.2 Å². The molecule has 0 aliphatic carbocycles. The summed E-state index contributed by atoms with van der Waals surface area (Å²) < 4.78 is 0. The summed E-state index contributed by atoms with van der Waals surface area (Å²) in [7, 11) is 0. The van der Waals surface area contributed by atoms with Crippen molar-refractivity contribution in [3.63, 3.8) is 0 Å². The molecule has 1 saturated heterocycles. The van der Waals surface area contributed by atoms with E-state index in [1.807, 2.05) is 0 Å². The van der Waals surface area contributed by atoms with Gasteiger partial charge in [-0.15, -0.1) is 5.10 Å². The van der Waals surface area contributed by atoms with Crippen LogP contribution in [0.4, 0.5) is 23.1 Å². The van der Waals surface area contributed by atoms with Crippen LogP contribution in [-0.4, -0.2) is 34.8 Å². The molecule has 6 heteroatoms. The van der Waals surface area contributed by atoms with Gasteiger partial charge in [-0.3, -0.25) is 0 Å². The van der Waals surface area contributed by atoms with Crippen LogP contribution in [0.3, 0.4) is 0 Å². The van der Waals surface area contributed by atoms with E-state index in [1.165, 1.54) is 36.1 Å². The summed E-state index contributed by atoms with van der Waals surface area (Å²) in [6.45, 7) is 4.11. The number of hydrogen-bond acceptors (Lipinski definition) is 6. The molecule has 3 heterocycles. The lowest BCUT2D eigenvalue weighted by atomic mass is 10.0. The molecule has 0 spiro atoms. The summed E-state index contributed by atoms with van der Waals surface area (Å²) in [6, 6.07) is 17.2. The van der Waals surface area contributed by atoms with Crippen LogP contribution >= 0.6 is 0 Å². The lowest BCUT2D eigenvalue weighted by Crippen LogP contribution is -2.31. The molecule has 3 aromatic rings. The molecule has 2 aliphatic rings. The summed E-state index contributed by atoms with van der Waals surface area (Å²) in [5.74, 6) is 1.40. The summed E-state index contributed by atoms with van der Waals surface area (Å²) in [5.41, 5.74) is 5.06. The average Bonchev–Trinajstić information content (AvgIpc) is 2.80. The molecular weight excluding hydrogens is 360 g/mol. The van der Waals surface area contributed by atoms with Crippen LogP contribution in [0.25, 0.3) is 0 Å². The molecule has 0 radical (unpaired) electrons. The van der Waals surface area contributed by atoms with Crippen LogP contribution in [0.15, 0.2) is 54.7 Å². The van der Waals surface area contributed by atoms with Gasteiger partial charge in [0.15, 0.2) is 5.82 Å². The predicted molar refractivity (Wildman–Crippen MR) is 117 cm³/mol. The number of aromatic nitrogens is 3. The average molecular weight is 387 g/mol. The zero-order chi connectivity index (χ0) is 19.5. The maximum Gasteiger partial charge on any atom is 0.249 e. The lowest BCUT2D eigenvalue weighted by molar-refractivity contribution is 0.578. The summed E-state index contributed by atoms with van der Waals surface area (Å²) >= 11 is 0. The molecule has 0 atom stereocenters. The lowest BCUT2D eigenvalue weighted by Gasteiger charge is -2.29. The highest BCUT2D eigenvalue weighted by Gasteiger charge is 2.18. The molecule has 2 aliphatic heterocycles. The second-order valence-electron chi connectivity index (χ2n) is 7.80. The van der Waals surface area contributed by atoms with Gasteiger partial charge in [-0.05, 0) is 61.1 Å². The van der Waals surface area contributed by atoms with Crippen LogP contribution in [0, 0.1) is 0 Å². The van der Waals surface area contributed by atoms with E-state index in [-0.39, 0.29) is 0 Å². The standard InChI is InChI=1S/C23H26N6/c1-4-13-28(14-5-1)21-10-8-20(9-11-21)25-23-26-22(16-24-27-23)29-15-12-18-6-2-3-7-19(18)17-29/h2-3,6-11,16H,1,4-5,12-15,17H2,(H,25,26,27). The number of fused-ring (bicyclic) bond motifs is 1. The number of benzene rings is 2. The maximum absolute atomic E-state index is 4.71. The molecule has 0 bridgehead atoms. The van der Waals surface area contributed by atoms with Gasteiger partial charge in [0.05, 0.1) is 6.20 Å². The third-order valence-electron chi connectivity index (χ3n) is 5.85. The minimum atomic E-state index is 0.534. The van der Waals surface area contributed by atoms with Crippen LogP contribution in [0.1, 0.15) is 30.4 Å². The van der Waals surface area contributed by atoms with E-state index in [0.29, 0.717) is 5.95 Å². The van der Waals surface area contributed by atoms with E-state index in [9.17, 15) is 0 Å². The van der Waals surface area contributed by atoms with Gasteiger partial charge >= 0.3 is 0 Å². The predicted octanol–water partition coefficient (Wildman–Crippen LogP) is 4.17. The second-order valence-corrected chi connectivity index (χ2v) is 7.80. The van der Waals surface area contributed by atoms with Gasteiger partial charge in [0.2, 0.25) is 5.95 Å². The molecule has 0 unspecified atom stereocenters. The Bertz CT molecular complexity index is 965. The normalized spacial score (nSPS) is 16.4. The van der Waals surface area contributed by atoms with Crippen molar-refractivity contribution in [1.82, 2.24) is 15.2 Å². The Balaban J connectivity index is 1.28. The molecule has 1 fully saturated rings. The molecular formula is C23H26N6. The Kier molecular flexibility index (Phi) is 4.99. The molecule has 148 valence electrons. The quantitative estimate of drug-likeness (QED) is 0.726. The van der Waals surface area contributed by atoms with Crippen molar-refractivity contribution < 1.29 is 0 Å². The van der Waals surface area contributed by atoms with Crippen LogP contribution in [0.2, 0.25) is 0 Å². The number of piperidine rings is 1. The van der Waals surface area contributed by atoms with Crippen molar-refractivity contribution in [2.45, 2.75) is 32.2 Å². The van der Waals surface area contributed by atoms with E-state index >= 15 is 0 Å². The summed E-state index contributed by atoms with van der Waals surface area (Å²) in [4.78, 5) is 9.43. The van der Waals surface area contributed by atoms with Crippen molar-refractivity contribution in [3.8, 4) is 0 Å². The van der Waals surface area contributed by atoms with Crippen molar-refractivity contribution in [2.24, 2.45) is 0 Å². The first kappa shape index (κ1) is 17.9. The molecule has 0 saturated carbocycles. The summed E-state index contributed by atoms with van der Waals surface area (Å²) in [6.07, 6.45) is 6.69. The van der Waals surface area contributed by atoms with E-state index in [1.54, 1.807) is 6.20 Å². The fraction of sp³-hybridized carbons (Fsp3) is 0.348. The van der Waals surface area contributed by atoms with Crippen LogP contribution in [-0.2, 0) is 13.0 Å². The fourth-order valence-electron chi connectivity index (χ4n) is 4.23. The fourth-order valence-corrected chi connectivity index (χ4v) is 4.23. The van der Waals surface area contributed by atoms with Gasteiger partial charge in [0.25, 0.3) is 0 Å². The minimum Gasteiger partial charge on any atom is -0.372 e. The van der Waals surface area contributed by atoms with Crippen molar-refractivity contribution in [1.29, 1.82) is 0 Å². The Morgan fingerprint density at radius 2 is 1.59 bits per heavy atom. The number of nitrogens with one attached hydrogen (secondary N) is 1. The molecule has 0 amide bonds. The van der Waals surface area contributed by atoms with Gasteiger partial charge in [-0.1, -0.05) is 24.3 Å². The summed E-state index contributed by atoms with van der Waals surface area (Å²) in [5, 5.41) is 11.7. The van der Waals surface area contributed by atoms with Crippen molar-refractivity contribution in [3.05, 3.63) is 65.9 Å². The van der Waals surface area contributed by atoms with Crippen molar-refractivity contribution in [2.75, 3.05) is 34.8 Å². The van der Waals surface area contributed by atoms with E-state index in [4.69, 9.17) is 4.98 Å². The van der Waals surface area contributed by atoms with Crippen LogP contribution < -0.4 is 15.1 Å². The van der Waals surface area contributed by atoms with Gasteiger partial charge < -0.3 is 15.1 Å². The Morgan fingerprint density at radius 1 is 0.793 bits per heavy atom. The molecule has 2 aromatic carbocycles. The largest absolute Gasteiger partial charge is 0.372 e. The third-order valence-corrected chi connectivity index (χ3v) is 5.85. The Morgan fingerprint density at radius 3 is 2.41 bits per heavy atom. The first-order chi connectivity index (χ1) is 14.3. The maximum atomic E-state index is 4.71. The zero-order valence-corrected chi connectivity index (χ0v) is 16.6. The van der Waals surface area contributed by atoms with Gasteiger partial charge in [-0.25, -0.2) is 0 Å². The number of nitrogens with zero attached hydrogens (tertiary/aromatic N) is 5. The van der Waals surface area contributed by atoms with Crippen LogP contribution in [0.5, 0.6) is 0 Å². The highest BCUT2D eigenvalue weighted by Crippen LogP contribution is 2.25. The third kappa shape index (κ3) is 4.01. The highest BCUT2D eigenvalue weighted by atomic mass is 15.3. The SMILES string of the molecule is c1ccc2c(c1)CCN(c1cnnc(Nc3ccc(N4CCCCC4)cc3)n1)C2. The highest BCUT2D eigenvalue weighted by molar-refractivity contribution is 5.60. The monoisotopic (exact) mass is 386 g/mol. The number of rotatable bonds is 4. The molecule has 5 rings (SSSR count). The molecule has 1 N–H and O–H groups in total. The van der Waals surface area contributed by atoms with Gasteiger partial charge in [0.1, 0.15) is 0 Å². The van der Waals surface area contributed by atoms with E-state index in [0.717, 1.165) is 44.1 Å². The smallest absolute Gasteiger partial charge is 0.249 e. The number of anilines is 4. The van der Waals surface area contributed by atoms with Crippen molar-refractivity contribution >= 4 is 23.1 Å². The van der Waals surface area contributed by atoms with Gasteiger partial charge in [0, 0.05) is 37.6 Å². The van der Waals surface area contributed by atoms with Gasteiger partial charge in [-0.2, -0.15) is 10.1 Å². The number of hydrogen-bond donors (Lipinski definition) is 1.